The summed E-state index contributed by atoms with van der Waals surface area (Å²) in [6, 6.07) is 76.4. The zero-order valence-corrected chi connectivity index (χ0v) is 71.6. The molecule has 114 heavy (non-hydrogen) atoms. The molecule has 0 saturated carbocycles. The fraction of sp³-hybridized carbons (Fsp3) is 0.294. The first kappa shape index (κ1) is 67.7. The topological polar surface area (TPSA) is 24.3 Å². The minimum Gasteiger partial charge on any atom is -0.310 e. The fourth-order valence-electron chi connectivity index (χ4n) is 16.7. The van der Waals surface area contributed by atoms with Gasteiger partial charge in [0, 0.05) is 83.7 Å². The van der Waals surface area contributed by atoms with Crippen molar-refractivity contribution in [1.82, 2.24) is 9.55 Å². The second-order valence-electron chi connectivity index (χ2n) is 40.5. The van der Waals surface area contributed by atoms with Crippen molar-refractivity contribution in [2.45, 2.75) is 209 Å². The second-order valence-corrected chi connectivity index (χ2v) is 40.5. The molecular weight excluding hydrogens is 1380 g/mol. The molecule has 0 aliphatic carbocycles. The third kappa shape index (κ3) is 14.0. The van der Waals surface area contributed by atoms with Gasteiger partial charge in [-0.1, -0.05) is 348 Å². The maximum atomic E-state index is 10.0. The summed E-state index contributed by atoms with van der Waals surface area (Å²) in [5.41, 5.74) is 28.0. The van der Waals surface area contributed by atoms with E-state index in [1.54, 1.807) is 4.57 Å². The first-order valence-electron chi connectivity index (χ1n) is 44.9. The zero-order valence-electron chi connectivity index (χ0n) is 79.6. The average Bonchev–Trinajstić information content (AvgIpc) is 1.30. The lowest BCUT2D eigenvalue weighted by molar-refractivity contribution is 0.531. The molecule has 4 nitrogen and oxygen atoms in total. The summed E-state index contributed by atoms with van der Waals surface area (Å²) in [6.07, 6.45) is 0. The summed E-state index contributed by atoms with van der Waals surface area (Å²) in [4.78, 5) is 10.8. The van der Waals surface area contributed by atoms with Crippen LogP contribution in [0.15, 0.2) is 261 Å². The van der Waals surface area contributed by atoms with Gasteiger partial charge in [0.25, 0.3) is 6.71 Å². The van der Waals surface area contributed by atoms with Crippen LogP contribution in [0.2, 0.25) is 0 Å². The summed E-state index contributed by atoms with van der Waals surface area (Å²) in [5, 5.41) is 0.0192. The fourth-order valence-corrected chi connectivity index (χ4v) is 16.7. The van der Waals surface area contributed by atoms with Gasteiger partial charge < -0.3 is 14.4 Å². The van der Waals surface area contributed by atoms with Gasteiger partial charge in [-0.15, -0.1) is 0 Å². The Labute approximate surface area is 692 Å². The van der Waals surface area contributed by atoms with Crippen LogP contribution in [0, 0.1) is 0 Å². The van der Waals surface area contributed by atoms with Gasteiger partial charge in [0.2, 0.25) is 0 Å². The molecule has 4 heterocycles. The molecule has 16 rings (SSSR count). The maximum Gasteiger partial charge on any atom is 0.252 e. The van der Waals surface area contributed by atoms with Crippen LogP contribution < -0.4 is 26.2 Å². The molecule has 2 aromatic heterocycles. The Morgan fingerprint density at radius 2 is 0.588 bits per heavy atom. The minimum absolute atomic E-state index is 0.00961. The van der Waals surface area contributed by atoms with Crippen LogP contribution in [0.4, 0.5) is 34.1 Å². The van der Waals surface area contributed by atoms with Crippen molar-refractivity contribution in [3.8, 4) is 72.4 Å². The highest BCUT2D eigenvalue weighted by atomic mass is 15.2. The third-order valence-corrected chi connectivity index (χ3v) is 23.7. The maximum absolute atomic E-state index is 10.0. The van der Waals surface area contributed by atoms with E-state index in [2.05, 4.69) is 382 Å². The predicted octanol–water partition coefficient (Wildman–Crippen LogP) is 28.6. The number of pyridine rings is 1. The van der Waals surface area contributed by atoms with Crippen molar-refractivity contribution in [2.75, 3.05) is 9.80 Å². The largest absolute Gasteiger partial charge is 0.310 e. The zero-order chi connectivity index (χ0) is 88.0. The minimum atomic E-state index is -0.549. The lowest BCUT2D eigenvalue weighted by Gasteiger charge is -2.46. The molecule has 0 bridgehead atoms. The van der Waals surface area contributed by atoms with E-state index in [-0.39, 0.29) is 77.2 Å². The van der Waals surface area contributed by atoms with Gasteiger partial charge in [-0.05, 0) is 206 Å². The molecular formula is C109H115BN4. The standard InChI is InChI=1S/C109H115BN4/c1-102(2,3)76-52-72(53-77(61-76)103(4,5)6)71-48-50-89-93(56-71)113(101-87(70-42-32-27-33-43-70)65-81(107(16,17)18)66-88(101)75-59-97(108(19,20)21)111-98(60-75)109(22,23)24)95-57-74(73-54-78(104(7,8)9)62-79(55-73)105(10,11)12)58-96-99(95)110(89)90-51-49-82(112-91-46-36-34-44-83(91)84-45-35-37-47-92(84)112)67-94(90)114(96)100-85(68-38-28-25-29-39-68)63-80(106(13,14)15)64-86(100)69-40-30-26-31-41-69/h25-67H,1-24H3/i34D,35D,36D,37D,44D,45D,46D,47D. The lowest BCUT2D eigenvalue weighted by atomic mass is 9.33. The Hall–Kier alpha value is -10.7. The second kappa shape index (κ2) is 27.5. The Kier molecular flexibility index (Phi) is 16.3. The summed E-state index contributed by atoms with van der Waals surface area (Å²) in [6.45, 7) is 54.6. The van der Waals surface area contributed by atoms with Gasteiger partial charge in [0.05, 0.1) is 33.4 Å². The summed E-state index contributed by atoms with van der Waals surface area (Å²) in [7, 11) is 0. The first-order chi connectivity index (χ1) is 56.9. The lowest BCUT2D eigenvalue weighted by Crippen LogP contribution is -2.61. The van der Waals surface area contributed by atoms with E-state index in [9.17, 15) is 11.0 Å². The van der Waals surface area contributed by atoms with E-state index in [1.165, 1.54) is 27.8 Å². The van der Waals surface area contributed by atoms with Gasteiger partial charge in [0.1, 0.15) is 0 Å². The van der Waals surface area contributed by atoms with Crippen molar-refractivity contribution in [1.29, 1.82) is 0 Å². The van der Waals surface area contributed by atoms with Crippen molar-refractivity contribution in [2.24, 2.45) is 0 Å². The molecule has 0 N–H and O–H groups in total. The molecule has 12 aromatic carbocycles. The number of hydrogen-bond donors (Lipinski definition) is 0. The highest BCUT2D eigenvalue weighted by Crippen LogP contribution is 2.57. The monoisotopic (exact) mass is 1500 g/mol. The van der Waals surface area contributed by atoms with Gasteiger partial charge in [-0.3, -0.25) is 4.98 Å². The van der Waals surface area contributed by atoms with Gasteiger partial charge >= 0.3 is 0 Å². The molecule has 2 aliphatic rings. The van der Waals surface area contributed by atoms with E-state index < -0.39 is 43.0 Å². The quantitative estimate of drug-likeness (QED) is 0.135. The molecule has 574 valence electrons. The highest BCUT2D eigenvalue weighted by Gasteiger charge is 2.47. The van der Waals surface area contributed by atoms with Crippen molar-refractivity contribution < 1.29 is 11.0 Å². The number of benzene rings is 12. The molecule has 14 aromatic rings. The number of fused-ring (bicyclic) bond motifs is 7. The number of hydrogen-bond acceptors (Lipinski definition) is 3. The predicted molar refractivity (Wildman–Crippen MR) is 495 cm³/mol. The van der Waals surface area contributed by atoms with Crippen LogP contribution >= 0.6 is 0 Å². The van der Waals surface area contributed by atoms with E-state index in [1.807, 2.05) is 6.07 Å². The van der Waals surface area contributed by atoms with Gasteiger partial charge in [-0.25, -0.2) is 0 Å². The van der Waals surface area contributed by atoms with Gasteiger partial charge in [0.15, 0.2) is 0 Å². The number of rotatable bonds is 9. The summed E-state index contributed by atoms with van der Waals surface area (Å²) >= 11 is 0. The Balaban J connectivity index is 1.19. The molecule has 0 unspecified atom stereocenters. The highest BCUT2D eigenvalue weighted by molar-refractivity contribution is 7.00. The van der Waals surface area contributed by atoms with Crippen LogP contribution in [-0.2, 0) is 43.3 Å². The normalized spacial score (nSPS) is 14.5. The van der Waals surface area contributed by atoms with Crippen molar-refractivity contribution in [3.05, 3.63) is 305 Å². The molecule has 2 aliphatic heterocycles. The average molecular weight is 1500 g/mol. The first-order valence-corrected chi connectivity index (χ1v) is 40.9. The number of anilines is 6. The SMILES string of the molecule is [2H]c1c([2H])c([2H])c2c(c1[2H])c1c([2H])c([2H])c([2H])c([2H])c1n2-c1ccc2c(c1)N(c1c(-c3ccccc3)cc(C(C)(C)C)cc1-c1ccccc1)c1cc(-c3cc(C(C)(C)C)cc(C(C)(C)C)c3)cc3c1B2c1ccc(-c2cc(C(C)(C)C)cc(C(C)(C)C)c2)cc1N3c1c(-c2ccccc2)cc(C(C)(C)C)cc1-c1cc(C(C)(C)C)nc(C(C)(C)C)c1. The van der Waals surface area contributed by atoms with E-state index >= 15 is 0 Å². The summed E-state index contributed by atoms with van der Waals surface area (Å²) in [5.74, 6) is 0. The molecule has 0 spiro atoms. The van der Waals surface area contributed by atoms with E-state index in [0.717, 1.165) is 134 Å². The molecule has 0 fully saturated rings. The van der Waals surface area contributed by atoms with Crippen LogP contribution in [0.3, 0.4) is 0 Å². The van der Waals surface area contributed by atoms with E-state index in [0.29, 0.717) is 5.69 Å². The number of aromatic nitrogens is 2. The van der Waals surface area contributed by atoms with Crippen molar-refractivity contribution in [3.63, 3.8) is 0 Å². The molecule has 0 amide bonds. The molecule has 5 heteroatoms. The van der Waals surface area contributed by atoms with E-state index in [4.69, 9.17) is 4.98 Å². The summed E-state index contributed by atoms with van der Waals surface area (Å²) < 4.78 is 78.5. The third-order valence-electron chi connectivity index (χ3n) is 23.7. The van der Waals surface area contributed by atoms with Crippen LogP contribution in [0.25, 0.3) is 94.3 Å². The number of nitrogens with zero attached hydrogens (tertiary/aromatic N) is 4. The Bertz CT molecular complexity index is 6390. The van der Waals surface area contributed by atoms with Gasteiger partial charge in [-0.2, -0.15) is 0 Å². The Morgan fingerprint density at radius 3 is 0.956 bits per heavy atom. The van der Waals surface area contributed by atoms with Crippen LogP contribution in [-0.4, -0.2) is 16.3 Å². The van der Waals surface area contributed by atoms with Crippen molar-refractivity contribution >= 4 is 79.0 Å². The molecule has 0 atom stereocenters. The smallest absolute Gasteiger partial charge is 0.252 e. The number of para-hydroxylation sites is 2. The Morgan fingerprint density at radius 1 is 0.272 bits per heavy atom. The van der Waals surface area contributed by atoms with Crippen LogP contribution in [0.1, 0.15) is 222 Å². The molecule has 0 radical (unpaired) electrons. The van der Waals surface area contributed by atoms with Crippen LogP contribution in [0.5, 0.6) is 0 Å². The molecule has 0 saturated heterocycles.